The minimum atomic E-state index is -0.943. The van der Waals surface area contributed by atoms with Crippen molar-refractivity contribution in [2.75, 3.05) is 24.6 Å². The Hall–Kier alpha value is -2.78. The summed E-state index contributed by atoms with van der Waals surface area (Å²) in [6.07, 6.45) is 4.31. The fourth-order valence-corrected chi connectivity index (χ4v) is 5.37. The Labute approximate surface area is 186 Å². The fraction of sp³-hybridized carbons (Fsp3) is 0.565. The standard InChI is InChI=1S/C23H28N4O5/c24-14-7-10-32-19(11-14)13-5-8-26(9-6-13)15-1-2-16-17(12-15)23(31)27(22(16)30)18-3-4-20(28)25-21(18)29/h1-2,12-14,18-19H,3-11,24H2,(H,25,28,29). The number of amides is 4. The van der Waals surface area contributed by atoms with E-state index in [1.165, 1.54) is 0 Å². The molecule has 4 heterocycles. The Kier molecular flexibility index (Phi) is 5.46. The zero-order chi connectivity index (χ0) is 22.4. The van der Waals surface area contributed by atoms with Crippen LogP contribution in [0.3, 0.4) is 0 Å². The second-order valence-corrected chi connectivity index (χ2v) is 9.20. The summed E-state index contributed by atoms with van der Waals surface area (Å²) in [5.41, 5.74) is 7.64. The maximum absolute atomic E-state index is 13.1. The molecule has 9 nitrogen and oxygen atoms in total. The summed E-state index contributed by atoms with van der Waals surface area (Å²) in [6.45, 7) is 2.42. The Morgan fingerprint density at radius 3 is 2.44 bits per heavy atom. The second kappa shape index (κ2) is 8.29. The van der Waals surface area contributed by atoms with Crippen molar-refractivity contribution in [3.8, 4) is 0 Å². The molecule has 9 heteroatoms. The van der Waals surface area contributed by atoms with E-state index in [-0.39, 0.29) is 30.9 Å². The second-order valence-electron chi connectivity index (χ2n) is 9.20. The van der Waals surface area contributed by atoms with Gasteiger partial charge in [0.1, 0.15) is 6.04 Å². The Morgan fingerprint density at radius 1 is 0.969 bits per heavy atom. The van der Waals surface area contributed by atoms with E-state index in [0.29, 0.717) is 17.0 Å². The van der Waals surface area contributed by atoms with Gasteiger partial charge in [0.15, 0.2) is 0 Å². The van der Waals surface area contributed by atoms with Gasteiger partial charge in [-0.2, -0.15) is 0 Å². The molecule has 0 bridgehead atoms. The van der Waals surface area contributed by atoms with Crippen LogP contribution in [0.2, 0.25) is 0 Å². The maximum Gasteiger partial charge on any atom is 0.262 e. The van der Waals surface area contributed by atoms with E-state index in [1.54, 1.807) is 12.1 Å². The van der Waals surface area contributed by atoms with E-state index in [1.807, 2.05) is 6.07 Å². The lowest BCUT2D eigenvalue weighted by atomic mass is 9.86. The first-order valence-electron chi connectivity index (χ1n) is 11.4. The van der Waals surface area contributed by atoms with Gasteiger partial charge in [-0.1, -0.05) is 0 Å². The van der Waals surface area contributed by atoms with Crippen molar-refractivity contribution in [3.05, 3.63) is 29.3 Å². The number of hydrogen-bond acceptors (Lipinski definition) is 7. The first-order chi connectivity index (χ1) is 15.4. The first kappa shape index (κ1) is 21.1. The lowest BCUT2D eigenvalue weighted by molar-refractivity contribution is -0.136. The van der Waals surface area contributed by atoms with Gasteiger partial charge in [0.25, 0.3) is 11.8 Å². The van der Waals surface area contributed by atoms with E-state index in [2.05, 4.69) is 10.2 Å². The molecule has 3 unspecified atom stereocenters. The number of anilines is 1. The third-order valence-electron chi connectivity index (χ3n) is 7.21. The van der Waals surface area contributed by atoms with Crippen LogP contribution in [0.25, 0.3) is 0 Å². The van der Waals surface area contributed by atoms with Crippen LogP contribution in [-0.4, -0.2) is 66.4 Å². The highest BCUT2D eigenvalue weighted by molar-refractivity contribution is 6.23. The number of piperidine rings is 2. The number of rotatable bonds is 3. The summed E-state index contributed by atoms with van der Waals surface area (Å²) in [5, 5.41) is 2.22. The van der Waals surface area contributed by atoms with Crippen LogP contribution in [0.5, 0.6) is 0 Å². The van der Waals surface area contributed by atoms with Gasteiger partial charge in [-0.3, -0.25) is 29.4 Å². The van der Waals surface area contributed by atoms with Crippen LogP contribution in [0.15, 0.2) is 18.2 Å². The number of imide groups is 2. The van der Waals surface area contributed by atoms with Crippen LogP contribution in [0, 0.1) is 5.92 Å². The lowest BCUT2D eigenvalue weighted by Gasteiger charge is -2.39. The SMILES string of the molecule is NC1CCOC(C2CCN(c3ccc4c(c3)C(=O)N(C3CCC(=O)NC3=O)C4=O)CC2)C1. The summed E-state index contributed by atoms with van der Waals surface area (Å²) in [6, 6.07) is 4.58. The monoisotopic (exact) mass is 440 g/mol. The average molecular weight is 441 g/mol. The highest BCUT2D eigenvalue weighted by atomic mass is 16.5. The van der Waals surface area contributed by atoms with Crippen molar-refractivity contribution in [1.29, 1.82) is 0 Å². The molecule has 0 aliphatic carbocycles. The molecule has 3 fully saturated rings. The zero-order valence-corrected chi connectivity index (χ0v) is 17.9. The minimum absolute atomic E-state index is 0.111. The molecule has 32 heavy (non-hydrogen) atoms. The first-order valence-corrected chi connectivity index (χ1v) is 11.4. The number of hydrogen-bond donors (Lipinski definition) is 2. The molecule has 3 saturated heterocycles. The van der Waals surface area contributed by atoms with Gasteiger partial charge in [-0.15, -0.1) is 0 Å². The van der Waals surface area contributed by atoms with Crippen LogP contribution >= 0.6 is 0 Å². The molecule has 5 rings (SSSR count). The van der Waals surface area contributed by atoms with Gasteiger partial charge in [0, 0.05) is 37.8 Å². The molecule has 1 aromatic carbocycles. The molecule has 0 aromatic heterocycles. The molecule has 3 N–H and O–H groups in total. The maximum atomic E-state index is 13.1. The van der Waals surface area contributed by atoms with Gasteiger partial charge in [0.05, 0.1) is 17.2 Å². The van der Waals surface area contributed by atoms with E-state index in [4.69, 9.17) is 10.5 Å². The number of nitrogens with zero attached hydrogens (tertiary/aromatic N) is 2. The van der Waals surface area contributed by atoms with Crippen LogP contribution in [0.1, 0.15) is 59.2 Å². The third-order valence-corrected chi connectivity index (χ3v) is 7.21. The predicted molar refractivity (Wildman–Crippen MR) is 115 cm³/mol. The number of carbonyl (C=O) groups excluding carboxylic acids is 4. The fourth-order valence-electron chi connectivity index (χ4n) is 5.37. The third kappa shape index (κ3) is 3.69. The van der Waals surface area contributed by atoms with E-state index < -0.39 is 23.8 Å². The summed E-state index contributed by atoms with van der Waals surface area (Å²) in [5.74, 6) is -1.44. The predicted octanol–water partition coefficient (Wildman–Crippen LogP) is 0.810. The van der Waals surface area contributed by atoms with Crippen molar-refractivity contribution in [1.82, 2.24) is 10.2 Å². The van der Waals surface area contributed by atoms with E-state index in [0.717, 1.165) is 56.0 Å². The molecule has 4 aliphatic rings. The average Bonchev–Trinajstić information content (AvgIpc) is 3.04. The molecule has 4 aliphatic heterocycles. The number of fused-ring (bicyclic) bond motifs is 1. The molecule has 0 radical (unpaired) electrons. The molecule has 4 amide bonds. The summed E-state index contributed by atoms with van der Waals surface area (Å²) >= 11 is 0. The van der Waals surface area contributed by atoms with Crippen LogP contribution in [0.4, 0.5) is 5.69 Å². The minimum Gasteiger partial charge on any atom is -0.378 e. The smallest absolute Gasteiger partial charge is 0.262 e. The van der Waals surface area contributed by atoms with Crippen molar-refractivity contribution >= 4 is 29.3 Å². The Balaban J connectivity index is 1.28. The molecule has 170 valence electrons. The van der Waals surface area contributed by atoms with Crippen molar-refractivity contribution in [2.45, 2.75) is 56.7 Å². The zero-order valence-electron chi connectivity index (χ0n) is 17.9. The summed E-state index contributed by atoms with van der Waals surface area (Å²) in [7, 11) is 0. The number of carbonyl (C=O) groups is 4. The van der Waals surface area contributed by atoms with Gasteiger partial charge < -0.3 is 15.4 Å². The molecule has 3 atom stereocenters. The van der Waals surface area contributed by atoms with Crippen molar-refractivity contribution < 1.29 is 23.9 Å². The highest BCUT2D eigenvalue weighted by Crippen LogP contribution is 2.34. The van der Waals surface area contributed by atoms with E-state index in [9.17, 15) is 19.2 Å². The topological polar surface area (TPSA) is 122 Å². The Morgan fingerprint density at radius 2 is 1.72 bits per heavy atom. The van der Waals surface area contributed by atoms with E-state index >= 15 is 0 Å². The summed E-state index contributed by atoms with van der Waals surface area (Å²) < 4.78 is 5.96. The van der Waals surface area contributed by atoms with Crippen LogP contribution < -0.4 is 16.0 Å². The van der Waals surface area contributed by atoms with Gasteiger partial charge >= 0.3 is 0 Å². The molecule has 1 aromatic rings. The van der Waals surface area contributed by atoms with Gasteiger partial charge in [0.2, 0.25) is 11.8 Å². The molecular weight excluding hydrogens is 412 g/mol. The molecular formula is C23H28N4O5. The lowest BCUT2D eigenvalue weighted by Crippen LogP contribution is -2.54. The van der Waals surface area contributed by atoms with Gasteiger partial charge in [-0.25, -0.2) is 0 Å². The van der Waals surface area contributed by atoms with Crippen LogP contribution in [-0.2, 0) is 14.3 Å². The number of ether oxygens (including phenoxy) is 1. The number of nitrogens with one attached hydrogen (secondary N) is 1. The normalized spacial score (nSPS) is 29.3. The quantitative estimate of drug-likeness (QED) is 0.667. The Bertz CT molecular complexity index is 971. The number of benzene rings is 1. The van der Waals surface area contributed by atoms with Crippen molar-refractivity contribution in [3.63, 3.8) is 0 Å². The molecule has 0 spiro atoms. The highest BCUT2D eigenvalue weighted by Gasteiger charge is 2.44. The summed E-state index contributed by atoms with van der Waals surface area (Å²) in [4.78, 5) is 52.8. The van der Waals surface area contributed by atoms with Crippen molar-refractivity contribution in [2.24, 2.45) is 11.7 Å². The van der Waals surface area contributed by atoms with Gasteiger partial charge in [-0.05, 0) is 56.2 Å². The molecule has 0 saturated carbocycles. The largest absolute Gasteiger partial charge is 0.378 e. The number of nitrogens with two attached hydrogens (primary N) is 1.